The van der Waals surface area contributed by atoms with Crippen molar-refractivity contribution in [2.75, 3.05) is 26.3 Å². The monoisotopic (exact) mass is 299 g/mol. The second-order valence-corrected chi connectivity index (χ2v) is 7.05. The summed E-state index contributed by atoms with van der Waals surface area (Å²) in [5.41, 5.74) is -0.201. The van der Waals surface area contributed by atoms with Gasteiger partial charge in [-0.05, 0) is 38.1 Å². The highest BCUT2D eigenvalue weighted by Crippen LogP contribution is 2.26. The fourth-order valence-electron chi connectivity index (χ4n) is 1.92. The summed E-state index contributed by atoms with van der Waals surface area (Å²) < 4.78 is 7.01. The normalized spacial score (nSPS) is 18.1. The van der Waals surface area contributed by atoms with Crippen LogP contribution in [0.2, 0.25) is 0 Å². The van der Waals surface area contributed by atoms with Crippen LogP contribution in [0.5, 0.6) is 0 Å². The molecular weight excluding hydrogens is 278 g/mol. The lowest BCUT2D eigenvalue weighted by Gasteiger charge is -2.29. The summed E-state index contributed by atoms with van der Waals surface area (Å²) in [7, 11) is 0. The molecule has 1 aromatic heterocycles. The zero-order valence-electron chi connectivity index (χ0n) is 12.4. The molecule has 1 aliphatic rings. The standard InChI is InChI=1S/C12H21N5O2S/c1-9(10(18)16-5-7-19-8-6-16)20-11-13-14-15-17(11)12(2,3)4/h9H,5-8H2,1-4H3/t9-/m0/s1. The summed E-state index contributed by atoms with van der Waals surface area (Å²) in [5.74, 6) is 0.113. The average molecular weight is 299 g/mol. The Hall–Kier alpha value is -1.15. The van der Waals surface area contributed by atoms with Gasteiger partial charge in [-0.15, -0.1) is 5.10 Å². The highest BCUT2D eigenvalue weighted by Gasteiger charge is 2.27. The van der Waals surface area contributed by atoms with Crippen LogP contribution in [-0.4, -0.2) is 62.6 Å². The van der Waals surface area contributed by atoms with Crippen LogP contribution in [0.1, 0.15) is 27.7 Å². The van der Waals surface area contributed by atoms with Gasteiger partial charge in [-0.3, -0.25) is 4.79 Å². The molecule has 0 radical (unpaired) electrons. The van der Waals surface area contributed by atoms with Gasteiger partial charge in [-0.1, -0.05) is 11.8 Å². The molecule has 0 aliphatic carbocycles. The first-order valence-electron chi connectivity index (χ1n) is 6.71. The first-order valence-corrected chi connectivity index (χ1v) is 7.59. The molecule has 0 spiro atoms. The van der Waals surface area contributed by atoms with E-state index in [2.05, 4.69) is 15.5 Å². The van der Waals surface area contributed by atoms with Crippen molar-refractivity contribution >= 4 is 17.7 Å². The predicted molar refractivity (Wildman–Crippen MR) is 75.5 cm³/mol. The van der Waals surface area contributed by atoms with Gasteiger partial charge in [0, 0.05) is 13.1 Å². The fourth-order valence-corrected chi connectivity index (χ4v) is 2.98. The van der Waals surface area contributed by atoms with Crippen molar-refractivity contribution < 1.29 is 9.53 Å². The van der Waals surface area contributed by atoms with Crippen LogP contribution < -0.4 is 0 Å². The van der Waals surface area contributed by atoms with E-state index in [4.69, 9.17) is 4.74 Å². The number of nitrogens with zero attached hydrogens (tertiary/aromatic N) is 5. The molecule has 0 N–H and O–H groups in total. The average Bonchev–Trinajstić information content (AvgIpc) is 2.87. The fraction of sp³-hybridized carbons (Fsp3) is 0.833. The van der Waals surface area contributed by atoms with E-state index in [1.54, 1.807) is 4.68 Å². The van der Waals surface area contributed by atoms with Crippen molar-refractivity contribution in [2.45, 2.75) is 43.6 Å². The molecule has 2 heterocycles. The molecule has 7 nitrogen and oxygen atoms in total. The van der Waals surface area contributed by atoms with E-state index in [0.717, 1.165) is 0 Å². The number of carbonyl (C=O) groups is 1. The van der Waals surface area contributed by atoms with Crippen molar-refractivity contribution in [2.24, 2.45) is 0 Å². The third kappa shape index (κ3) is 3.49. The van der Waals surface area contributed by atoms with Crippen LogP contribution >= 0.6 is 11.8 Å². The van der Waals surface area contributed by atoms with E-state index in [9.17, 15) is 4.79 Å². The molecule has 0 bridgehead atoms. The van der Waals surface area contributed by atoms with Crippen LogP contribution in [0.15, 0.2) is 5.16 Å². The number of aromatic nitrogens is 4. The Morgan fingerprint density at radius 2 is 2.00 bits per heavy atom. The molecule has 1 amide bonds. The molecule has 1 aliphatic heterocycles. The lowest BCUT2D eigenvalue weighted by atomic mass is 10.1. The number of tetrazole rings is 1. The summed E-state index contributed by atoms with van der Waals surface area (Å²) in [6.07, 6.45) is 0. The van der Waals surface area contributed by atoms with Crippen LogP contribution in [0.4, 0.5) is 0 Å². The van der Waals surface area contributed by atoms with Crippen molar-refractivity contribution in [3.63, 3.8) is 0 Å². The number of thioether (sulfide) groups is 1. The van der Waals surface area contributed by atoms with Crippen molar-refractivity contribution in [1.29, 1.82) is 0 Å². The van der Waals surface area contributed by atoms with Gasteiger partial charge < -0.3 is 9.64 Å². The molecule has 2 rings (SSSR count). The first-order chi connectivity index (χ1) is 9.39. The molecular formula is C12H21N5O2S. The van der Waals surface area contributed by atoms with Crippen LogP contribution in [0.3, 0.4) is 0 Å². The Kier molecular flexibility index (Phi) is 4.64. The quantitative estimate of drug-likeness (QED) is 0.768. The maximum absolute atomic E-state index is 12.4. The van der Waals surface area contributed by atoms with E-state index in [1.165, 1.54) is 11.8 Å². The summed E-state index contributed by atoms with van der Waals surface area (Å²) in [6.45, 7) is 10.5. The second-order valence-electron chi connectivity index (χ2n) is 5.74. The van der Waals surface area contributed by atoms with Gasteiger partial charge in [-0.2, -0.15) is 0 Å². The summed E-state index contributed by atoms with van der Waals surface area (Å²) in [6, 6.07) is 0. The number of carbonyl (C=O) groups excluding carboxylic acids is 1. The molecule has 1 aromatic rings. The van der Waals surface area contributed by atoms with Crippen molar-refractivity contribution in [3.05, 3.63) is 0 Å². The molecule has 0 aromatic carbocycles. The number of morpholine rings is 1. The maximum Gasteiger partial charge on any atom is 0.236 e. The van der Waals surface area contributed by atoms with E-state index in [1.807, 2.05) is 32.6 Å². The van der Waals surface area contributed by atoms with Gasteiger partial charge in [-0.25, -0.2) is 4.68 Å². The third-order valence-corrected chi connectivity index (χ3v) is 4.05. The lowest BCUT2D eigenvalue weighted by molar-refractivity contribution is -0.134. The van der Waals surface area contributed by atoms with Gasteiger partial charge in [0.05, 0.1) is 24.0 Å². The minimum atomic E-state index is -0.208. The smallest absolute Gasteiger partial charge is 0.236 e. The summed E-state index contributed by atoms with van der Waals surface area (Å²) >= 11 is 1.40. The van der Waals surface area contributed by atoms with Crippen molar-refractivity contribution in [1.82, 2.24) is 25.1 Å². The number of amides is 1. The van der Waals surface area contributed by atoms with Gasteiger partial charge in [0.25, 0.3) is 0 Å². The summed E-state index contributed by atoms with van der Waals surface area (Å²) in [4.78, 5) is 14.2. The second kappa shape index (κ2) is 6.09. The maximum atomic E-state index is 12.4. The van der Waals surface area contributed by atoms with Crippen LogP contribution in [-0.2, 0) is 15.1 Å². The minimum Gasteiger partial charge on any atom is -0.378 e. The minimum absolute atomic E-state index is 0.113. The van der Waals surface area contributed by atoms with E-state index in [-0.39, 0.29) is 16.7 Å². The summed E-state index contributed by atoms with van der Waals surface area (Å²) in [5, 5.41) is 12.2. The van der Waals surface area contributed by atoms with Gasteiger partial charge >= 0.3 is 0 Å². The van der Waals surface area contributed by atoms with Gasteiger partial charge in [0.2, 0.25) is 11.1 Å². The van der Waals surface area contributed by atoms with Crippen LogP contribution in [0.25, 0.3) is 0 Å². The van der Waals surface area contributed by atoms with Crippen molar-refractivity contribution in [3.8, 4) is 0 Å². The third-order valence-electron chi connectivity index (χ3n) is 3.03. The first kappa shape index (κ1) is 15.2. The molecule has 20 heavy (non-hydrogen) atoms. The SMILES string of the molecule is C[C@H](Sc1nnnn1C(C)(C)C)C(=O)N1CCOCC1. The highest BCUT2D eigenvalue weighted by atomic mass is 32.2. The van der Waals surface area contributed by atoms with E-state index in [0.29, 0.717) is 31.5 Å². The lowest BCUT2D eigenvalue weighted by Crippen LogP contribution is -2.44. The topological polar surface area (TPSA) is 73.1 Å². The zero-order valence-corrected chi connectivity index (χ0v) is 13.2. The molecule has 8 heteroatoms. The van der Waals surface area contributed by atoms with E-state index < -0.39 is 0 Å². The number of rotatable bonds is 3. The number of hydrogen-bond acceptors (Lipinski definition) is 6. The Balaban J connectivity index is 2.02. The molecule has 112 valence electrons. The molecule has 0 saturated carbocycles. The zero-order chi connectivity index (χ0) is 14.8. The van der Waals surface area contributed by atoms with Crippen LogP contribution in [0, 0.1) is 0 Å². The Bertz CT molecular complexity index is 465. The molecule has 1 atom stereocenters. The number of ether oxygens (including phenoxy) is 1. The highest BCUT2D eigenvalue weighted by molar-refractivity contribution is 8.00. The number of hydrogen-bond donors (Lipinski definition) is 0. The van der Waals surface area contributed by atoms with Gasteiger partial charge in [0.15, 0.2) is 0 Å². The Morgan fingerprint density at radius 3 is 2.60 bits per heavy atom. The predicted octanol–water partition coefficient (Wildman–Crippen LogP) is 0.767. The molecule has 1 saturated heterocycles. The Labute approximate surface area is 123 Å². The molecule has 0 unspecified atom stereocenters. The Morgan fingerprint density at radius 1 is 1.35 bits per heavy atom. The van der Waals surface area contributed by atoms with Gasteiger partial charge in [0.1, 0.15) is 0 Å². The van der Waals surface area contributed by atoms with E-state index >= 15 is 0 Å². The molecule has 1 fully saturated rings. The largest absolute Gasteiger partial charge is 0.378 e.